The number of carbonyl (C=O) groups is 2. The number of amides is 1. The number of thioether (sulfide) groups is 1. The van der Waals surface area contributed by atoms with Crippen LogP contribution in [0.5, 0.6) is 0 Å². The molecule has 1 unspecified atom stereocenters. The first-order valence-corrected chi connectivity index (χ1v) is 9.36. The Morgan fingerprint density at radius 3 is 1.88 bits per heavy atom. The van der Waals surface area contributed by atoms with E-state index in [-0.39, 0.29) is 0 Å². The molecular weight excluding hydrogens is 346 g/mol. The highest BCUT2D eigenvalue weighted by molar-refractivity contribution is 8.02. The van der Waals surface area contributed by atoms with Gasteiger partial charge in [0.05, 0.1) is 0 Å². The number of nitrogens with zero attached hydrogens (tertiary/aromatic N) is 1. The lowest BCUT2D eigenvalue weighted by atomic mass is 9.88. The zero-order valence-electron chi connectivity index (χ0n) is 15.4. The van der Waals surface area contributed by atoms with Crippen LogP contribution in [0.1, 0.15) is 36.1 Å². The van der Waals surface area contributed by atoms with Gasteiger partial charge in [-0.05, 0) is 49.9 Å². The number of benzene rings is 2. The largest absolute Gasteiger partial charge is 0.480 e. The predicted molar refractivity (Wildman–Crippen MR) is 104 cm³/mol. The molecule has 0 radical (unpaired) electrons. The van der Waals surface area contributed by atoms with Crippen LogP contribution in [-0.2, 0) is 14.5 Å². The fraction of sp³-hybridized carbons (Fsp3) is 0.333. The van der Waals surface area contributed by atoms with E-state index in [1.165, 1.54) is 16.7 Å². The summed E-state index contributed by atoms with van der Waals surface area (Å²) in [6, 6.07) is 14.8. The predicted octanol–water partition coefficient (Wildman–Crippen LogP) is 3.94. The lowest BCUT2D eigenvalue weighted by Crippen LogP contribution is -2.51. The molecule has 1 atom stereocenters. The third-order valence-corrected chi connectivity index (χ3v) is 6.77. The Balaban J connectivity index is 2.40. The van der Waals surface area contributed by atoms with Crippen LogP contribution in [0.2, 0.25) is 0 Å². The minimum Gasteiger partial charge on any atom is -0.480 e. The summed E-state index contributed by atoms with van der Waals surface area (Å²) in [4.78, 5) is 24.9. The van der Waals surface area contributed by atoms with Crippen molar-refractivity contribution in [3.05, 3.63) is 70.8 Å². The zero-order chi connectivity index (χ0) is 19.1. The van der Waals surface area contributed by atoms with E-state index in [9.17, 15) is 14.7 Å². The Morgan fingerprint density at radius 1 is 1.04 bits per heavy atom. The molecule has 1 saturated heterocycles. The average Bonchev–Trinajstić information content (AvgIpc) is 2.83. The Morgan fingerprint density at radius 2 is 1.50 bits per heavy atom. The summed E-state index contributed by atoms with van der Waals surface area (Å²) in [7, 11) is 0. The first-order chi connectivity index (χ1) is 12.3. The summed E-state index contributed by atoms with van der Waals surface area (Å²) in [6.07, 6.45) is 0.694. The van der Waals surface area contributed by atoms with Gasteiger partial charge in [0, 0.05) is 4.75 Å². The molecule has 0 bridgehead atoms. The van der Waals surface area contributed by atoms with Crippen LogP contribution in [0.15, 0.2) is 48.5 Å². The van der Waals surface area contributed by atoms with Crippen molar-refractivity contribution in [2.75, 3.05) is 0 Å². The molecule has 0 spiro atoms. The number of rotatable bonds is 4. The van der Waals surface area contributed by atoms with Gasteiger partial charge in [0.15, 0.2) is 0 Å². The van der Waals surface area contributed by atoms with Crippen LogP contribution in [0.4, 0.5) is 0 Å². The Bertz CT molecular complexity index is 816. The first kappa shape index (κ1) is 18.5. The van der Waals surface area contributed by atoms with Crippen LogP contribution in [0.3, 0.4) is 0 Å². The molecule has 1 heterocycles. The molecule has 3 rings (SSSR count). The zero-order valence-corrected chi connectivity index (χ0v) is 16.2. The van der Waals surface area contributed by atoms with E-state index in [2.05, 4.69) is 0 Å². The second kappa shape index (κ2) is 6.47. The molecule has 1 aliphatic heterocycles. The van der Waals surface area contributed by atoms with Gasteiger partial charge in [-0.3, -0.25) is 4.79 Å². The van der Waals surface area contributed by atoms with Crippen molar-refractivity contribution in [3.8, 4) is 0 Å². The SMILES string of the molecule is Cc1ccccc1C1(c2ccccc2C)SC(C)(C)C(C(=O)O)N1C=O. The van der Waals surface area contributed by atoms with Gasteiger partial charge in [0.1, 0.15) is 10.9 Å². The van der Waals surface area contributed by atoms with E-state index in [0.29, 0.717) is 6.41 Å². The standard InChI is InChI=1S/C21H23NO3S/c1-14-9-5-7-11-16(14)21(17-12-8-6-10-15(17)2)22(13-23)18(19(24)25)20(3,4)26-21/h5-13,18H,1-4H3,(H,24,25). The van der Waals surface area contributed by atoms with Crippen LogP contribution in [0, 0.1) is 13.8 Å². The van der Waals surface area contributed by atoms with Crippen molar-refractivity contribution in [3.63, 3.8) is 0 Å². The van der Waals surface area contributed by atoms with E-state index in [0.717, 1.165) is 22.3 Å². The number of carbonyl (C=O) groups excluding carboxylic acids is 1. The normalized spacial score (nSPS) is 20.8. The minimum atomic E-state index is -0.987. The highest BCUT2D eigenvalue weighted by Gasteiger charge is 2.61. The van der Waals surface area contributed by atoms with Crippen molar-refractivity contribution < 1.29 is 14.7 Å². The molecule has 136 valence electrons. The smallest absolute Gasteiger partial charge is 0.327 e. The number of carboxylic acids is 1. The van der Waals surface area contributed by atoms with Gasteiger partial charge in [-0.15, -0.1) is 11.8 Å². The van der Waals surface area contributed by atoms with E-state index in [4.69, 9.17) is 0 Å². The molecule has 2 aromatic carbocycles. The maximum absolute atomic E-state index is 12.2. The second-order valence-corrected chi connectivity index (χ2v) is 9.08. The van der Waals surface area contributed by atoms with Gasteiger partial charge in [-0.25, -0.2) is 4.79 Å². The van der Waals surface area contributed by atoms with Gasteiger partial charge in [-0.1, -0.05) is 48.5 Å². The molecule has 1 aliphatic rings. The fourth-order valence-corrected chi connectivity index (χ4v) is 6.02. The third kappa shape index (κ3) is 2.62. The lowest BCUT2D eigenvalue weighted by Gasteiger charge is -2.39. The number of hydrogen-bond acceptors (Lipinski definition) is 3. The maximum atomic E-state index is 12.2. The van der Waals surface area contributed by atoms with E-state index >= 15 is 0 Å². The van der Waals surface area contributed by atoms with E-state index in [1.807, 2.05) is 76.2 Å². The summed E-state index contributed by atoms with van der Waals surface area (Å²) in [5, 5.41) is 9.90. The van der Waals surface area contributed by atoms with Gasteiger partial charge < -0.3 is 10.0 Å². The average molecular weight is 369 g/mol. The van der Waals surface area contributed by atoms with Gasteiger partial charge in [0.25, 0.3) is 0 Å². The molecule has 0 saturated carbocycles. The van der Waals surface area contributed by atoms with E-state index in [1.54, 1.807) is 0 Å². The number of carboxylic acid groups (broad SMARTS) is 1. The third-order valence-electron chi connectivity index (χ3n) is 5.08. The summed E-state index contributed by atoms with van der Waals surface area (Å²) in [6.45, 7) is 7.79. The summed E-state index contributed by atoms with van der Waals surface area (Å²) < 4.78 is -0.655. The Kier molecular flexibility index (Phi) is 4.61. The van der Waals surface area contributed by atoms with Gasteiger partial charge in [0.2, 0.25) is 6.41 Å². The van der Waals surface area contributed by atoms with Gasteiger partial charge in [-0.2, -0.15) is 0 Å². The quantitative estimate of drug-likeness (QED) is 0.830. The molecule has 1 N–H and O–H groups in total. The van der Waals surface area contributed by atoms with Crippen molar-refractivity contribution in [2.45, 2.75) is 43.4 Å². The maximum Gasteiger partial charge on any atom is 0.327 e. The molecule has 2 aromatic rings. The Labute approximate surface area is 158 Å². The van der Waals surface area contributed by atoms with E-state index < -0.39 is 21.6 Å². The van der Waals surface area contributed by atoms with Crippen LogP contribution >= 0.6 is 11.8 Å². The summed E-state index contributed by atoms with van der Waals surface area (Å²) in [5.41, 5.74) is 3.94. The van der Waals surface area contributed by atoms with Crippen molar-refractivity contribution in [2.24, 2.45) is 0 Å². The molecule has 26 heavy (non-hydrogen) atoms. The van der Waals surface area contributed by atoms with Gasteiger partial charge >= 0.3 is 5.97 Å². The lowest BCUT2D eigenvalue weighted by molar-refractivity contribution is -0.148. The topological polar surface area (TPSA) is 57.6 Å². The minimum absolute atomic E-state index is 0.655. The molecule has 5 heteroatoms. The fourth-order valence-electron chi connectivity index (χ4n) is 4.00. The summed E-state index contributed by atoms with van der Waals surface area (Å²) >= 11 is 1.53. The molecule has 1 amide bonds. The summed E-state index contributed by atoms with van der Waals surface area (Å²) in [5.74, 6) is -0.987. The molecule has 0 aromatic heterocycles. The monoisotopic (exact) mass is 369 g/mol. The Hall–Kier alpha value is -2.27. The highest BCUT2D eigenvalue weighted by atomic mass is 32.2. The number of hydrogen-bond donors (Lipinski definition) is 1. The van der Waals surface area contributed by atoms with Crippen LogP contribution in [-0.4, -0.2) is 33.2 Å². The van der Waals surface area contributed by atoms with Crippen LogP contribution in [0.25, 0.3) is 0 Å². The second-order valence-electron chi connectivity index (χ2n) is 7.23. The molecular formula is C21H23NO3S. The number of aryl methyl sites for hydroxylation is 2. The van der Waals surface area contributed by atoms with Crippen molar-refractivity contribution in [1.82, 2.24) is 4.90 Å². The van der Waals surface area contributed by atoms with Crippen LogP contribution < -0.4 is 0 Å². The highest BCUT2D eigenvalue weighted by Crippen LogP contribution is 2.60. The molecule has 1 fully saturated rings. The molecule has 0 aliphatic carbocycles. The van der Waals surface area contributed by atoms with Crippen molar-refractivity contribution in [1.29, 1.82) is 0 Å². The first-order valence-electron chi connectivity index (χ1n) is 8.54. The molecule has 4 nitrogen and oxygen atoms in total. The van der Waals surface area contributed by atoms with Crippen molar-refractivity contribution >= 4 is 24.1 Å². The number of aliphatic carboxylic acids is 1.